The standard InChI is InChI=1S/C38H56FNO9.CH2O2/c1-9-30(46-8)25(4)34-35(49-34)36(40-22-27-13-15-28(39)16-14-27)38(7,45)19-10-11-23(2)33-24(3)12-17-31(47-26(5)41)37(6,44)20-18-29(42)21-32(43)48-33;2-1-3/h10-17,19,24-25,29-31,33-36,40,42,44-45H,9,18,20-22H2,1-8H3;1H,(H,2,3)/b17-12+,19-10+,23-11+;/t24-,25+,29+,30-,31-,33-,34+,35-,36?,37+,38?;/m0./s1. The summed E-state index contributed by atoms with van der Waals surface area (Å²) in [5.41, 5.74) is -1.35. The van der Waals surface area contributed by atoms with Gasteiger partial charge in [-0.25, -0.2) is 4.39 Å². The number of allylic oxidation sites excluding steroid dienone is 2. The maximum atomic E-state index is 13.5. The molecule has 13 heteroatoms. The molecule has 2 heterocycles. The molecule has 0 radical (unpaired) electrons. The maximum Gasteiger partial charge on any atom is 0.309 e. The average molecular weight is 736 g/mol. The first-order chi connectivity index (χ1) is 24.4. The number of methoxy groups -OCH3 is 1. The Morgan fingerprint density at radius 2 is 1.85 bits per heavy atom. The molecule has 1 fully saturated rings. The van der Waals surface area contributed by atoms with Gasteiger partial charge in [0.25, 0.3) is 6.47 Å². The Morgan fingerprint density at radius 1 is 1.21 bits per heavy atom. The largest absolute Gasteiger partial charge is 0.483 e. The molecule has 0 amide bonds. The first-order valence-corrected chi connectivity index (χ1v) is 17.7. The van der Waals surface area contributed by atoms with Gasteiger partial charge in [-0.1, -0.05) is 57.2 Å². The van der Waals surface area contributed by atoms with Crippen LogP contribution in [0.2, 0.25) is 0 Å². The molecule has 0 spiro atoms. The van der Waals surface area contributed by atoms with Crippen LogP contribution in [0.15, 0.2) is 60.2 Å². The van der Waals surface area contributed by atoms with E-state index in [4.69, 9.17) is 28.8 Å². The van der Waals surface area contributed by atoms with Crippen molar-refractivity contribution >= 4 is 18.4 Å². The molecule has 0 saturated carbocycles. The van der Waals surface area contributed by atoms with Gasteiger partial charge in [-0.2, -0.15) is 0 Å². The lowest BCUT2D eigenvalue weighted by Gasteiger charge is -2.32. The number of ether oxygens (including phenoxy) is 4. The molecule has 292 valence electrons. The molecular formula is C39H58FNO11. The van der Waals surface area contributed by atoms with Crippen molar-refractivity contribution in [3.63, 3.8) is 0 Å². The van der Waals surface area contributed by atoms with Crippen LogP contribution in [0.5, 0.6) is 0 Å². The van der Waals surface area contributed by atoms with Gasteiger partial charge in [-0.05, 0) is 69.4 Å². The minimum absolute atomic E-state index is 0.0000528. The number of epoxide rings is 1. The monoisotopic (exact) mass is 735 g/mol. The predicted molar refractivity (Wildman–Crippen MR) is 192 cm³/mol. The summed E-state index contributed by atoms with van der Waals surface area (Å²) in [6.45, 7) is 12.4. The molecule has 2 aliphatic heterocycles. The molecule has 1 saturated heterocycles. The highest BCUT2D eigenvalue weighted by Gasteiger charge is 2.54. The second kappa shape index (κ2) is 20.7. The fourth-order valence-electron chi connectivity index (χ4n) is 6.50. The van der Waals surface area contributed by atoms with E-state index in [-0.39, 0.29) is 55.8 Å². The van der Waals surface area contributed by atoms with Gasteiger partial charge in [-0.3, -0.25) is 14.4 Å². The van der Waals surface area contributed by atoms with E-state index >= 15 is 0 Å². The van der Waals surface area contributed by atoms with Gasteiger partial charge in [0.1, 0.15) is 29.7 Å². The summed E-state index contributed by atoms with van der Waals surface area (Å²) in [5, 5.41) is 43.7. The van der Waals surface area contributed by atoms with E-state index in [1.54, 1.807) is 63.5 Å². The molecule has 1 aromatic rings. The number of benzene rings is 1. The minimum Gasteiger partial charge on any atom is -0.483 e. The highest BCUT2D eigenvalue weighted by Crippen LogP contribution is 2.39. The Hall–Kier alpha value is -3.46. The molecule has 12 nitrogen and oxygen atoms in total. The summed E-state index contributed by atoms with van der Waals surface area (Å²) in [6, 6.07) is 5.64. The van der Waals surface area contributed by atoms with Crippen molar-refractivity contribution in [3.05, 3.63) is 71.6 Å². The van der Waals surface area contributed by atoms with E-state index in [0.29, 0.717) is 12.1 Å². The molecule has 2 aliphatic rings. The summed E-state index contributed by atoms with van der Waals surface area (Å²) in [7, 11) is 1.68. The number of hydrogen-bond donors (Lipinski definition) is 5. The number of carboxylic acid groups (broad SMARTS) is 1. The van der Waals surface area contributed by atoms with Crippen LogP contribution in [0.3, 0.4) is 0 Å². The molecular weight excluding hydrogens is 677 g/mol. The summed E-state index contributed by atoms with van der Waals surface area (Å²) < 4.78 is 36.6. The lowest BCUT2D eigenvalue weighted by molar-refractivity contribution is -0.157. The second-order valence-corrected chi connectivity index (χ2v) is 14.1. The zero-order valence-electron chi connectivity index (χ0n) is 31.5. The number of esters is 2. The Balaban J connectivity index is 0.00000301. The van der Waals surface area contributed by atoms with Gasteiger partial charge < -0.3 is 44.7 Å². The van der Waals surface area contributed by atoms with Gasteiger partial charge in [0.05, 0.1) is 36.4 Å². The Labute approximate surface area is 306 Å². The van der Waals surface area contributed by atoms with Crippen LogP contribution < -0.4 is 5.32 Å². The van der Waals surface area contributed by atoms with Gasteiger partial charge in [0.2, 0.25) is 0 Å². The van der Waals surface area contributed by atoms with E-state index in [1.807, 2.05) is 6.92 Å². The Kier molecular flexibility index (Phi) is 17.8. The maximum absolute atomic E-state index is 13.5. The molecule has 2 unspecified atom stereocenters. The summed E-state index contributed by atoms with van der Waals surface area (Å²) in [6.07, 6.45) is 5.98. The molecule has 52 heavy (non-hydrogen) atoms. The molecule has 3 rings (SSSR count). The number of halogens is 1. The molecule has 5 N–H and O–H groups in total. The van der Waals surface area contributed by atoms with Crippen molar-refractivity contribution < 1.29 is 58.1 Å². The van der Waals surface area contributed by atoms with Gasteiger partial charge in [0.15, 0.2) is 0 Å². The van der Waals surface area contributed by atoms with Crippen LogP contribution in [0.1, 0.15) is 79.7 Å². The van der Waals surface area contributed by atoms with Crippen molar-refractivity contribution in [1.82, 2.24) is 5.32 Å². The van der Waals surface area contributed by atoms with Crippen molar-refractivity contribution in [2.75, 3.05) is 7.11 Å². The lowest BCUT2D eigenvalue weighted by Crippen LogP contribution is -2.52. The van der Waals surface area contributed by atoms with E-state index in [9.17, 15) is 29.3 Å². The third-order valence-electron chi connectivity index (χ3n) is 9.63. The zero-order valence-corrected chi connectivity index (χ0v) is 31.5. The second-order valence-electron chi connectivity index (χ2n) is 14.1. The molecule has 1 aromatic carbocycles. The molecule has 0 aromatic heterocycles. The van der Waals surface area contributed by atoms with Crippen LogP contribution in [-0.2, 0) is 39.9 Å². The van der Waals surface area contributed by atoms with Gasteiger partial charge in [0, 0.05) is 32.4 Å². The molecule has 0 aliphatic carbocycles. The highest BCUT2D eigenvalue weighted by molar-refractivity contribution is 5.70. The van der Waals surface area contributed by atoms with Crippen LogP contribution >= 0.6 is 0 Å². The number of cyclic esters (lactones) is 1. The van der Waals surface area contributed by atoms with Crippen molar-refractivity contribution in [2.24, 2.45) is 11.8 Å². The fraction of sp³-hybridized carbons (Fsp3) is 0.615. The summed E-state index contributed by atoms with van der Waals surface area (Å²) in [5.74, 6) is -1.79. The van der Waals surface area contributed by atoms with Crippen LogP contribution in [0, 0.1) is 17.7 Å². The van der Waals surface area contributed by atoms with Gasteiger partial charge >= 0.3 is 11.9 Å². The number of nitrogens with one attached hydrogen (secondary N) is 1. The first kappa shape index (κ1) is 44.7. The van der Waals surface area contributed by atoms with Crippen LogP contribution in [0.25, 0.3) is 0 Å². The quantitative estimate of drug-likeness (QED) is 0.0634. The fourth-order valence-corrected chi connectivity index (χ4v) is 6.50. The van der Waals surface area contributed by atoms with Crippen LogP contribution in [0.4, 0.5) is 4.39 Å². The number of carbonyl (C=O) groups is 3. The summed E-state index contributed by atoms with van der Waals surface area (Å²) in [4.78, 5) is 33.0. The number of hydrogen-bond acceptors (Lipinski definition) is 11. The van der Waals surface area contributed by atoms with E-state index in [0.717, 1.165) is 12.0 Å². The Bertz CT molecular complexity index is 1370. The average Bonchev–Trinajstić information content (AvgIpc) is 3.86. The normalized spacial score (nSPS) is 30.5. The Morgan fingerprint density at radius 3 is 2.42 bits per heavy atom. The third-order valence-corrected chi connectivity index (χ3v) is 9.63. The topological polar surface area (TPSA) is 184 Å². The first-order valence-electron chi connectivity index (χ1n) is 17.7. The SMILES string of the molecule is CC[C@H](OC)[C@@H](C)[C@H]1O[C@@H]1C(NCc1ccc(F)cc1)C(C)(O)/C=C/C=C(\C)[C@@H]1OC(=O)C[C@H](O)CC[C@@](C)(O)[C@@H](OC(C)=O)/C=C/[C@@H]1C.O=CO. The smallest absolute Gasteiger partial charge is 0.309 e. The zero-order chi connectivity index (χ0) is 39.2. The summed E-state index contributed by atoms with van der Waals surface area (Å²) >= 11 is 0. The van der Waals surface area contributed by atoms with E-state index in [2.05, 4.69) is 19.2 Å². The predicted octanol–water partition coefficient (Wildman–Crippen LogP) is 4.40. The van der Waals surface area contributed by atoms with Crippen molar-refractivity contribution in [1.29, 1.82) is 0 Å². The molecule has 0 bridgehead atoms. The van der Waals surface area contributed by atoms with Gasteiger partial charge in [-0.15, -0.1) is 0 Å². The van der Waals surface area contributed by atoms with Crippen LogP contribution in [-0.4, -0.2) is 99.8 Å². The van der Waals surface area contributed by atoms with Crippen molar-refractivity contribution in [2.45, 2.75) is 135 Å². The molecule has 11 atom stereocenters. The number of aliphatic hydroxyl groups is 3. The van der Waals surface area contributed by atoms with Crippen molar-refractivity contribution in [3.8, 4) is 0 Å². The highest BCUT2D eigenvalue weighted by atomic mass is 19.1. The van der Waals surface area contributed by atoms with E-state index in [1.165, 1.54) is 26.0 Å². The minimum atomic E-state index is -1.47. The van der Waals surface area contributed by atoms with E-state index < -0.39 is 53.4 Å². The number of aliphatic hydroxyl groups excluding tert-OH is 1. The number of rotatable bonds is 13. The lowest BCUT2D eigenvalue weighted by atomic mass is 9.87. The third kappa shape index (κ3) is 13.8. The number of carbonyl (C=O) groups excluding carboxylic acids is 2.